The molecule has 2 aromatic heterocycles. The molecule has 0 saturated carbocycles. The van der Waals surface area contributed by atoms with Gasteiger partial charge in [0.05, 0.1) is 26.1 Å². The number of rotatable bonds is 8. The summed E-state index contributed by atoms with van der Waals surface area (Å²) in [6.07, 6.45) is 0.220. The molecule has 1 saturated heterocycles. The third-order valence-corrected chi connectivity index (χ3v) is 7.45. The van der Waals surface area contributed by atoms with Crippen LogP contribution in [0.4, 0.5) is 10.2 Å². The van der Waals surface area contributed by atoms with Crippen LogP contribution in [-0.4, -0.2) is 56.9 Å². The van der Waals surface area contributed by atoms with E-state index in [0.717, 1.165) is 5.56 Å². The molecule has 1 N–H and O–H groups in total. The fraction of sp³-hybridized carbons (Fsp3) is 0.345. The number of esters is 2. The molecule has 12 heteroatoms. The second-order valence-electron chi connectivity index (χ2n) is 9.94. The Morgan fingerprint density at radius 3 is 2.54 bits per heavy atom. The molecule has 2 unspecified atom stereocenters. The lowest BCUT2D eigenvalue weighted by molar-refractivity contribution is -0.174. The molecule has 214 valence electrons. The highest BCUT2D eigenvalue weighted by molar-refractivity contribution is 5.91. The minimum Gasteiger partial charge on any atom is -0.496 e. The van der Waals surface area contributed by atoms with Crippen LogP contribution in [-0.2, 0) is 25.5 Å². The maximum absolute atomic E-state index is 17.0. The Morgan fingerprint density at radius 1 is 1.07 bits per heavy atom. The zero-order valence-electron chi connectivity index (χ0n) is 23.3. The van der Waals surface area contributed by atoms with Gasteiger partial charge < -0.3 is 24.3 Å². The monoisotopic (exact) mass is 563 g/mol. The number of para-hydroxylation sites is 1. The van der Waals surface area contributed by atoms with E-state index in [-0.39, 0.29) is 5.56 Å². The first-order valence-corrected chi connectivity index (χ1v) is 12.9. The summed E-state index contributed by atoms with van der Waals surface area (Å²) in [5.41, 5.74) is -2.10. The molecule has 2 aromatic carbocycles. The van der Waals surface area contributed by atoms with Gasteiger partial charge in [0.15, 0.2) is 34.5 Å². The third kappa shape index (κ3) is 4.73. The fourth-order valence-electron chi connectivity index (χ4n) is 5.24. The van der Waals surface area contributed by atoms with Crippen molar-refractivity contribution in [3.05, 3.63) is 77.9 Å². The van der Waals surface area contributed by atoms with Gasteiger partial charge in [-0.15, -0.1) is 0 Å². The molecule has 0 radical (unpaired) electrons. The maximum atomic E-state index is 17.0. The van der Waals surface area contributed by atoms with E-state index >= 15 is 4.39 Å². The van der Waals surface area contributed by atoms with Crippen LogP contribution in [0.25, 0.3) is 11.2 Å². The normalized spacial score (nSPS) is 23.8. The number of alkyl halides is 1. The minimum absolute atomic E-state index is 0.162. The van der Waals surface area contributed by atoms with Crippen LogP contribution in [0, 0.1) is 0 Å². The van der Waals surface area contributed by atoms with E-state index in [1.54, 1.807) is 31.4 Å². The number of nitrogens with one attached hydrogen (secondary N) is 1. The highest BCUT2D eigenvalue weighted by atomic mass is 19.1. The number of hydrogen-bond donors (Lipinski definition) is 1. The Hall–Kier alpha value is -4.58. The number of carbonyl (C=O) groups excluding carboxylic acids is 2. The Balaban J connectivity index is 1.55. The number of methoxy groups -OCH3 is 2. The summed E-state index contributed by atoms with van der Waals surface area (Å²) in [5, 5.41) is 3.24. The molecule has 5 rings (SSSR count). The lowest BCUT2D eigenvalue weighted by Gasteiger charge is -2.37. The quantitative estimate of drug-likeness (QED) is 0.305. The van der Waals surface area contributed by atoms with Crippen molar-refractivity contribution in [1.29, 1.82) is 0 Å². The fourth-order valence-corrected chi connectivity index (χ4v) is 5.24. The number of benzene rings is 2. The van der Waals surface area contributed by atoms with Gasteiger partial charge in [-0.3, -0.25) is 9.36 Å². The van der Waals surface area contributed by atoms with Crippen LogP contribution >= 0.6 is 0 Å². The van der Waals surface area contributed by atoms with Gasteiger partial charge in [-0.05, 0) is 31.5 Å². The zero-order chi connectivity index (χ0) is 29.4. The first-order valence-electron chi connectivity index (χ1n) is 12.9. The highest BCUT2D eigenvalue weighted by Crippen LogP contribution is 2.57. The average Bonchev–Trinajstić information content (AvgIpc) is 3.47. The SMILES string of the molecule is COC(=O)c1ccccc1[C@H]1OC(n2cnc3c(NCc4ccccc4OC)ncnc32)[C@](C)(F)C1(C)OC(C)=O. The second kappa shape index (κ2) is 10.8. The predicted molar refractivity (Wildman–Crippen MR) is 146 cm³/mol. The van der Waals surface area contributed by atoms with E-state index < -0.39 is 35.5 Å². The number of nitrogens with zero attached hydrogens (tertiary/aromatic N) is 4. The summed E-state index contributed by atoms with van der Waals surface area (Å²) in [5.74, 6) is -0.202. The zero-order valence-corrected chi connectivity index (χ0v) is 23.3. The molecule has 0 aliphatic carbocycles. The first kappa shape index (κ1) is 28.0. The van der Waals surface area contributed by atoms with Crippen molar-refractivity contribution in [3.8, 4) is 5.75 Å². The van der Waals surface area contributed by atoms with Gasteiger partial charge in [0, 0.05) is 19.0 Å². The van der Waals surface area contributed by atoms with Crippen molar-refractivity contribution in [1.82, 2.24) is 19.5 Å². The van der Waals surface area contributed by atoms with Crippen molar-refractivity contribution in [2.24, 2.45) is 0 Å². The summed E-state index contributed by atoms with van der Waals surface area (Å²) in [6, 6.07) is 14.1. The lowest BCUT2D eigenvalue weighted by Crippen LogP contribution is -2.51. The van der Waals surface area contributed by atoms with E-state index in [9.17, 15) is 9.59 Å². The van der Waals surface area contributed by atoms with Crippen LogP contribution in [0.1, 0.15) is 54.6 Å². The molecule has 1 aliphatic rings. The molecule has 1 fully saturated rings. The first-order chi connectivity index (χ1) is 19.6. The highest BCUT2D eigenvalue weighted by Gasteiger charge is 2.67. The van der Waals surface area contributed by atoms with Crippen molar-refractivity contribution >= 4 is 28.9 Å². The number of carbonyl (C=O) groups is 2. The smallest absolute Gasteiger partial charge is 0.338 e. The number of halogens is 1. The summed E-state index contributed by atoms with van der Waals surface area (Å²) in [7, 11) is 2.85. The predicted octanol–water partition coefficient (Wildman–Crippen LogP) is 4.55. The molecule has 0 amide bonds. The largest absolute Gasteiger partial charge is 0.496 e. The van der Waals surface area contributed by atoms with Crippen LogP contribution in [0.5, 0.6) is 5.75 Å². The standard InChI is InChI=1S/C29H30FN5O6/c1-17(36)41-29(3)23(19-11-7-8-12-20(19)26(37)39-5)40-27(28(29,2)30)35-16-34-22-24(32-15-33-25(22)35)31-14-18-10-6-9-13-21(18)38-4/h6-13,15-16,23,27H,14H2,1-5H3,(H,31,32,33)/t23-,27?,28+,29?/m1/s1. The van der Waals surface area contributed by atoms with Crippen LogP contribution in [0.2, 0.25) is 0 Å². The topological polar surface area (TPSA) is 127 Å². The van der Waals surface area contributed by atoms with E-state index in [4.69, 9.17) is 18.9 Å². The molecule has 4 atom stereocenters. The Morgan fingerprint density at radius 2 is 1.80 bits per heavy atom. The van der Waals surface area contributed by atoms with Crippen molar-refractivity contribution in [2.45, 2.75) is 50.9 Å². The van der Waals surface area contributed by atoms with Crippen molar-refractivity contribution < 1.29 is 32.9 Å². The average molecular weight is 564 g/mol. The molecule has 3 heterocycles. The van der Waals surface area contributed by atoms with Gasteiger partial charge in [-0.1, -0.05) is 36.4 Å². The van der Waals surface area contributed by atoms with Gasteiger partial charge in [-0.2, -0.15) is 0 Å². The minimum atomic E-state index is -2.31. The van der Waals surface area contributed by atoms with Crippen molar-refractivity contribution in [2.75, 3.05) is 19.5 Å². The number of imidazole rings is 1. The molecule has 11 nitrogen and oxygen atoms in total. The molecular weight excluding hydrogens is 533 g/mol. The maximum Gasteiger partial charge on any atom is 0.338 e. The van der Waals surface area contributed by atoms with E-state index in [0.29, 0.717) is 34.8 Å². The molecule has 1 aliphatic heterocycles. The van der Waals surface area contributed by atoms with E-state index in [2.05, 4.69) is 20.3 Å². The van der Waals surface area contributed by atoms with Gasteiger partial charge in [0.1, 0.15) is 18.2 Å². The Bertz CT molecular complexity index is 1610. The third-order valence-electron chi connectivity index (χ3n) is 7.45. The lowest BCUT2D eigenvalue weighted by atomic mass is 9.80. The van der Waals surface area contributed by atoms with E-state index in [1.165, 1.54) is 45.1 Å². The number of ether oxygens (including phenoxy) is 4. The summed E-state index contributed by atoms with van der Waals surface area (Å²) in [4.78, 5) is 38.0. The molecule has 41 heavy (non-hydrogen) atoms. The number of anilines is 1. The van der Waals surface area contributed by atoms with Crippen molar-refractivity contribution in [3.63, 3.8) is 0 Å². The summed E-state index contributed by atoms with van der Waals surface area (Å²) >= 11 is 0. The van der Waals surface area contributed by atoms with Gasteiger partial charge in [0.2, 0.25) is 0 Å². The second-order valence-corrected chi connectivity index (χ2v) is 9.94. The number of fused-ring (bicyclic) bond motifs is 1. The van der Waals surface area contributed by atoms with Gasteiger partial charge in [0.25, 0.3) is 0 Å². The molecule has 0 spiro atoms. The van der Waals surface area contributed by atoms with Crippen LogP contribution in [0.15, 0.2) is 61.2 Å². The summed E-state index contributed by atoms with van der Waals surface area (Å²) in [6.45, 7) is 4.31. The Labute approximate surface area is 235 Å². The molecular formula is C29H30FN5O6. The van der Waals surface area contributed by atoms with Crippen LogP contribution < -0.4 is 10.1 Å². The molecule has 0 bridgehead atoms. The number of aromatic nitrogens is 4. The van der Waals surface area contributed by atoms with Gasteiger partial charge >= 0.3 is 11.9 Å². The van der Waals surface area contributed by atoms with Crippen LogP contribution in [0.3, 0.4) is 0 Å². The number of hydrogen-bond acceptors (Lipinski definition) is 10. The summed E-state index contributed by atoms with van der Waals surface area (Å²) < 4.78 is 40.8. The van der Waals surface area contributed by atoms with E-state index in [1.807, 2.05) is 24.3 Å². The van der Waals surface area contributed by atoms with Gasteiger partial charge in [-0.25, -0.2) is 24.1 Å². The Kier molecular flexibility index (Phi) is 7.35. The molecule has 4 aromatic rings.